The highest BCUT2D eigenvalue weighted by Gasteiger charge is 2.19. The number of amides is 1. The van der Waals surface area contributed by atoms with Crippen molar-refractivity contribution in [2.75, 3.05) is 13.1 Å². The molecule has 1 aliphatic rings. The fraction of sp³-hybridized carbons (Fsp3) is 0.250. The molecule has 3 rings (SSSR count). The fourth-order valence-electron chi connectivity index (χ4n) is 2.44. The van der Waals surface area contributed by atoms with Crippen LogP contribution < -0.4 is 5.56 Å². The van der Waals surface area contributed by atoms with E-state index in [1.807, 2.05) is 11.0 Å². The van der Waals surface area contributed by atoms with Crippen molar-refractivity contribution in [3.63, 3.8) is 0 Å². The molecule has 0 atom stereocenters. The van der Waals surface area contributed by atoms with Gasteiger partial charge in [0.25, 0.3) is 5.91 Å². The maximum Gasteiger partial charge on any atom is 0.255 e. The van der Waals surface area contributed by atoms with Gasteiger partial charge in [-0.05, 0) is 29.5 Å². The Morgan fingerprint density at radius 2 is 2.14 bits per heavy atom. The maximum absolute atomic E-state index is 12.4. The van der Waals surface area contributed by atoms with Gasteiger partial charge in [-0.1, -0.05) is 12.1 Å². The first-order valence-corrected chi connectivity index (χ1v) is 7.72. The molecule has 4 nitrogen and oxygen atoms in total. The smallest absolute Gasteiger partial charge is 0.255 e. The molecule has 0 N–H and O–H groups in total. The van der Waals surface area contributed by atoms with E-state index < -0.39 is 0 Å². The normalized spacial score (nSPS) is 14.9. The van der Waals surface area contributed by atoms with Gasteiger partial charge < -0.3 is 9.47 Å². The summed E-state index contributed by atoms with van der Waals surface area (Å²) in [6.07, 6.45) is 4.59. The van der Waals surface area contributed by atoms with Crippen molar-refractivity contribution in [2.24, 2.45) is 7.05 Å². The molecule has 0 bridgehead atoms. The Kier molecular flexibility index (Phi) is 3.75. The Balaban J connectivity index is 1.75. The third kappa shape index (κ3) is 2.83. The summed E-state index contributed by atoms with van der Waals surface area (Å²) >= 11 is 1.73. The second-order valence-electron chi connectivity index (χ2n) is 5.07. The van der Waals surface area contributed by atoms with Crippen molar-refractivity contribution in [2.45, 2.75) is 6.42 Å². The summed E-state index contributed by atoms with van der Waals surface area (Å²) in [5.74, 6) is -0.0212. The lowest BCUT2D eigenvalue weighted by Crippen LogP contribution is -2.35. The number of aryl methyl sites for hydroxylation is 1. The molecule has 0 aliphatic carbocycles. The minimum Gasteiger partial charge on any atom is -0.335 e. The maximum atomic E-state index is 12.4. The van der Waals surface area contributed by atoms with Crippen molar-refractivity contribution in [1.82, 2.24) is 9.47 Å². The monoisotopic (exact) mass is 300 g/mol. The van der Waals surface area contributed by atoms with Crippen molar-refractivity contribution in [1.29, 1.82) is 0 Å². The average molecular weight is 300 g/mol. The molecule has 0 saturated heterocycles. The highest BCUT2D eigenvalue weighted by atomic mass is 32.1. The molecular formula is C16H16N2O2S. The van der Waals surface area contributed by atoms with Gasteiger partial charge in [0.2, 0.25) is 5.56 Å². The molecule has 0 fully saturated rings. The van der Waals surface area contributed by atoms with Crippen LogP contribution in [0.4, 0.5) is 0 Å². The van der Waals surface area contributed by atoms with E-state index in [0.29, 0.717) is 18.7 Å². The van der Waals surface area contributed by atoms with Crippen molar-refractivity contribution >= 4 is 22.8 Å². The molecule has 1 amide bonds. The number of rotatable bonds is 2. The van der Waals surface area contributed by atoms with Gasteiger partial charge in [0, 0.05) is 37.3 Å². The number of thiophene rings is 1. The third-order valence-electron chi connectivity index (χ3n) is 3.67. The van der Waals surface area contributed by atoms with Crippen LogP contribution in [0, 0.1) is 0 Å². The van der Waals surface area contributed by atoms with Crippen LogP contribution in [0.3, 0.4) is 0 Å². The first-order valence-electron chi connectivity index (χ1n) is 6.84. The first-order chi connectivity index (χ1) is 10.1. The van der Waals surface area contributed by atoms with E-state index in [1.165, 1.54) is 21.1 Å². The predicted molar refractivity (Wildman–Crippen MR) is 84.5 cm³/mol. The Labute approximate surface area is 127 Å². The minimum atomic E-state index is -0.106. The van der Waals surface area contributed by atoms with Crippen LogP contribution >= 0.6 is 11.3 Å². The number of aromatic nitrogens is 1. The summed E-state index contributed by atoms with van der Waals surface area (Å²) in [5.41, 5.74) is 1.77. The quantitative estimate of drug-likeness (QED) is 0.854. The molecule has 0 aromatic carbocycles. The van der Waals surface area contributed by atoms with Gasteiger partial charge in [-0.2, -0.15) is 0 Å². The van der Waals surface area contributed by atoms with Crippen molar-refractivity contribution < 1.29 is 4.79 Å². The highest BCUT2D eigenvalue weighted by molar-refractivity contribution is 7.11. The number of hydrogen-bond acceptors (Lipinski definition) is 3. The number of hydrogen-bond donors (Lipinski definition) is 0. The van der Waals surface area contributed by atoms with Gasteiger partial charge in [0.1, 0.15) is 0 Å². The van der Waals surface area contributed by atoms with Gasteiger partial charge in [-0.25, -0.2) is 0 Å². The molecule has 21 heavy (non-hydrogen) atoms. The van der Waals surface area contributed by atoms with Gasteiger partial charge in [-0.3, -0.25) is 9.59 Å². The molecule has 0 unspecified atom stereocenters. The summed E-state index contributed by atoms with van der Waals surface area (Å²) in [5, 5.41) is 2.07. The summed E-state index contributed by atoms with van der Waals surface area (Å²) in [6.45, 7) is 1.33. The Bertz CT molecular complexity index is 744. The molecule has 5 heteroatoms. The lowest BCUT2D eigenvalue weighted by molar-refractivity contribution is 0.0772. The number of carbonyl (C=O) groups excluding carboxylic acids is 1. The van der Waals surface area contributed by atoms with E-state index in [0.717, 1.165) is 6.42 Å². The third-order valence-corrected chi connectivity index (χ3v) is 4.61. The average Bonchev–Trinajstić information content (AvgIpc) is 3.04. The lowest BCUT2D eigenvalue weighted by atomic mass is 10.1. The van der Waals surface area contributed by atoms with Crippen LogP contribution in [0.25, 0.3) is 5.57 Å². The first kappa shape index (κ1) is 13.8. The molecule has 3 heterocycles. The molecule has 2 aromatic heterocycles. The Morgan fingerprint density at radius 3 is 2.76 bits per heavy atom. The van der Waals surface area contributed by atoms with Crippen molar-refractivity contribution in [3.05, 3.63) is 62.7 Å². The topological polar surface area (TPSA) is 42.3 Å². The predicted octanol–water partition coefficient (Wildman–Crippen LogP) is 2.38. The zero-order valence-electron chi connectivity index (χ0n) is 11.8. The standard InChI is InChI=1S/C16H16N2O2S/c1-17-11-13(4-5-15(17)19)16(20)18-8-6-12(7-9-18)14-3-2-10-21-14/h2-6,10-11H,7-9H2,1H3. The minimum absolute atomic E-state index is 0.0212. The molecule has 0 spiro atoms. The number of pyridine rings is 1. The molecule has 108 valence electrons. The van der Waals surface area contributed by atoms with E-state index in [9.17, 15) is 9.59 Å². The van der Waals surface area contributed by atoms with Crippen LogP contribution in [0.5, 0.6) is 0 Å². The lowest BCUT2D eigenvalue weighted by Gasteiger charge is -2.26. The van der Waals surface area contributed by atoms with Crippen LogP contribution in [-0.2, 0) is 7.05 Å². The number of carbonyl (C=O) groups is 1. The highest BCUT2D eigenvalue weighted by Crippen LogP contribution is 2.26. The van der Waals surface area contributed by atoms with E-state index >= 15 is 0 Å². The molecular weight excluding hydrogens is 284 g/mol. The van der Waals surface area contributed by atoms with E-state index in [1.54, 1.807) is 30.6 Å². The van der Waals surface area contributed by atoms with Gasteiger partial charge in [-0.15, -0.1) is 11.3 Å². The van der Waals surface area contributed by atoms with Gasteiger partial charge in [0.05, 0.1) is 5.56 Å². The SMILES string of the molecule is Cn1cc(C(=O)N2CC=C(c3cccs3)CC2)ccc1=O. The second kappa shape index (κ2) is 5.69. The molecule has 1 aliphatic heterocycles. The van der Waals surface area contributed by atoms with E-state index in [4.69, 9.17) is 0 Å². The van der Waals surface area contributed by atoms with Crippen LogP contribution in [-0.4, -0.2) is 28.5 Å². The summed E-state index contributed by atoms with van der Waals surface area (Å²) < 4.78 is 1.43. The molecule has 0 saturated carbocycles. The zero-order chi connectivity index (χ0) is 14.8. The Morgan fingerprint density at radius 1 is 1.29 bits per heavy atom. The van der Waals surface area contributed by atoms with Gasteiger partial charge >= 0.3 is 0 Å². The summed E-state index contributed by atoms with van der Waals surface area (Å²) in [7, 11) is 1.66. The van der Waals surface area contributed by atoms with E-state index in [2.05, 4.69) is 17.5 Å². The van der Waals surface area contributed by atoms with E-state index in [-0.39, 0.29) is 11.5 Å². The van der Waals surface area contributed by atoms with Crippen molar-refractivity contribution in [3.8, 4) is 0 Å². The molecule has 0 radical (unpaired) electrons. The van der Waals surface area contributed by atoms with Crippen LogP contribution in [0.15, 0.2) is 46.7 Å². The Hall–Kier alpha value is -2.14. The summed E-state index contributed by atoms with van der Waals surface area (Å²) in [6, 6.07) is 7.19. The summed E-state index contributed by atoms with van der Waals surface area (Å²) in [4.78, 5) is 26.9. The van der Waals surface area contributed by atoms with Crippen LogP contribution in [0.1, 0.15) is 21.7 Å². The fourth-order valence-corrected chi connectivity index (χ4v) is 3.24. The molecule has 2 aromatic rings. The van der Waals surface area contributed by atoms with Gasteiger partial charge in [0.15, 0.2) is 0 Å². The van der Waals surface area contributed by atoms with Crippen LogP contribution in [0.2, 0.25) is 0 Å². The zero-order valence-corrected chi connectivity index (χ0v) is 12.6. The number of nitrogens with zero attached hydrogens (tertiary/aromatic N) is 2. The largest absolute Gasteiger partial charge is 0.335 e. The second-order valence-corrected chi connectivity index (χ2v) is 6.02.